The number of carbonyl (C=O) groups is 3. The Hall–Kier alpha value is -2.91. The molecule has 0 aromatic rings. The maximum atomic E-state index is 14.6. The number of fused-ring (bicyclic) bond motifs is 3. The van der Waals surface area contributed by atoms with Crippen molar-refractivity contribution in [2.45, 2.75) is 400 Å². The summed E-state index contributed by atoms with van der Waals surface area (Å²) in [6.45, 7) is 14.8. The van der Waals surface area contributed by atoms with Crippen molar-refractivity contribution < 1.29 is 149 Å². The van der Waals surface area contributed by atoms with E-state index in [1.54, 1.807) is 47.6 Å². The highest BCUT2D eigenvalue weighted by Crippen LogP contribution is 2.42. The quantitative estimate of drug-likeness (QED) is 0.0242. The molecule has 5 aliphatic rings. The molecule has 0 amide bonds. The lowest BCUT2D eigenvalue weighted by molar-refractivity contribution is -0.328. The number of cyclic esters (lactones) is 1. The van der Waals surface area contributed by atoms with Crippen LogP contribution in [0.15, 0.2) is 24.3 Å². The molecule has 108 heavy (non-hydrogen) atoms. The minimum atomic E-state index is -3.27. The second-order valence-corrected chi connectivity index (χ2v) is 32.0. The summed E-state index contributed by atoms with van der Waals surface area (Å²) in [6.07, 6.45) is -22.1. The van der Waals surface area contributed by atoms with Crippen LogP contribution < -0.4 is 0 Å². The van der Waals surface area contributed by atoms with Gasteiger partial charge in [-0.1, -0.05) is 112 Å². The van der Waals surface area contributed by atoms with E-state index < -0.39 is 250 Å². The highest BCUT2D eigenvalue weighted by Gasteiger charge is 2.58. The van der Waals surface area contributed by atoms with Gasteiger partial charge in [-0.15, -0.1) is 0 Å². The predicted octanol–water partition coefficient (Wildman–Crippen LogP) is 1.99. The highest BCUT2D eigenvalue weighted by atomic mass is 16.7. The van der Waals surface area contributed by atoms with Gasteiger partial charge in [-0.05, 0) is 109 Å². The number of unbranched alkanes of at least 4 members (excludes halogenated alkanes) is 7. The third kappa shape index (κ3) is 29.4. The lowest BCUT2D eigenvalue weighted by Gasteiger charge is -2.46. The first-order valence-electron chi connectivity index (χ1n) is 40.0. The minimum Gasteiger partial charge on any atom is -0.459 e. The second kappa shape index (κ2) is 47.2. The molecule has 0 radical (unpaired) electrons. The number of aliphatic hydroxyl groups excluding tert-OH is 17. The Balaban J connectivity index is 1.27. The molecule has 35 unspecified atom stereocenters. The van der Waals surface area contributed by atoms with Gasteiger partial charge in [-0.25, -0.2) is 4.79 Å². The molecule has 0 aliphatic carbocycles. The molecule has 0 aromatic heterocycles. The zero-order valence-corrected chi connectivity index (χ0v) is 65.3. The van der Waals surface area contributed by atoms with Crippen molar-refractivity contribution in [3.8, 4) is 0 Å². The molecule has 18 N–H and O–H groups in total. The largest absolute Gasteiger partial charge is 0.459 e. The highest BCUT2D eigenvalue weighted by molar-refractivity contribution is 5.91. The standard InChI is InChI=1S/C78H138O30/c1-11-13-14-15-16-17-18-19-20-23-49(81)33-54(86)37-63(91)102-60-39-64(101-47(9)73(60)100-10)103-59(12-2)43(5)65(92)44(6)66(93)45(7)71-46(8)72-74(106-72)56(87)27-22-26-50(82)32-52(84)34-53(85)35-55-38-58(89)75(97)78(99,108-55)76(98)70(107-77-69(96)68(95)67(94)61(40-79)104-77)42(4)28-30-48(80)24-21-25-51(83)36-57(88)41(3)29-31-62(90)105-71/h20,23,29,31,41-61,64-75,77,79-89,92-97,99H,11-19,21-22,24-28,30,32-40H2,1-10H3. The third-order valence-electron chi connectivity index (χ3n) is 22.9. The molecule has 0 spiro atoms. The maximum Gasteiger partial charge on any atom is 0.330 e. The van der Waals surface area contributed by atoms with E-state index in [1.807, 2.05) is 13.0 Å². The topological polar surface area (TPSA) is 502 Å². The number of rotatable bonds is 27. The zero-order valence-electron chi connectivity index (χ0n) is 65.3. The Morgan fingerprint density at radius 2 is 1.30 bits per heavy atom. The van der Waals surface area contributed by atoms with Gasteiger partial charge in [0.2, 0.25) is 5.78 Å². The Bertz CT molecular complexity index is 2610. The summed E-state index contributed by atoms with van der Waals surface area (Å²) < 4.78 is 53.9. The molecule has 5 rings (SSSR count). The average Bonchev–Trinajstić information content (AvgIpc) is 0.865. The minimum absolute atomic E-state index is 0.0378. The normalized spacial score (nSPS) is 39.9. The summed E-state index contributed by atoms with van der Waals surface area (Å²) in [7, 11) is 1.46. The van der Waals surface area contributed by atoms with Crippen molar-refractivity contribution in [1.29, 1.82) is 0 Å². The lowest BCUT2D eigenvalue weighted by Crippen LogP contribution is -2.66. The van der Waals surface area contributed by atoms with Crippen molar-refractivity contribution in [3.05, 3.63) is 24.3 Å². The number of hydrogen-bond acceptors (Lipinski definition) is 30. The lowest BCUT2D eigenvalue weighted by atomic mass is 9.77. The summed E-state index contributed by atoms with van der Waals surface area (Å²) in [5.41, 5.74) is 0. The van der Waals surface area contributed by atoms with Crippen LogP contribution in [-0.2, 0) is 57.0 Å². The van der Waals surface area contributed by atoms with Gasteiger partial charge < -0.3 is 135 Å². The molecule has 30 heteroatoms. The van der Waals surface area contributed by atoms with E-state index in [4.69, 9.17) is 42.6 Å². The fraction of sp³-hybridized carbons (Fsp3) is 0.910. The molecular weight excluding hydrogens is 1420 g/mol. The van der Waals surface area contributed by atoms with Gasteiger partial charge in [-0.3, -0.25) is 9.59 Å². The summed E-state index contributed by atoms with van der Waals surface area (Å²) in [6, 6.07) is 0. The van der Waals surface area contributed by atoms with E-state index in [1.165, 1.54) is 52.2 Å². The van der Waals surface area contributed by atoms with Crippen molar-refractivity contribution in [2.75, 3.05) is 13.7 Å². The number of methoxy groups -OCH3 is 1. The number of Topliss-reactive ketones (excluding diaryl/α,β-unsaturated/α-hetero) is 1. The SMILES string of the molecule is CCCCCCCCCC=CC(O)CC(O)CC(=O)OC1CC(OC(CC)C(C)C(O)C(C)C(O)C(C)C2OC(=O)C=CC(C)C(O)CC(O)CCCC(O)CCC(C)C(OC3OC(CO)C(O)C(O)C3O)C(=O)C3(O)OC(CC(O)CC(O)CC(O)CCCC(O)C4OC4C2C)CC(O)C3O)OC(C)C1OC. The monoisotopic (exact) mass is 1550 g/mol. The fourth-order valence-corrected chi connectivity index (χ4v) is 15.8. The van der Waals surface area contributed by atoms with E-state index >= 15 is 0 Å². The van der Waals surface area contributed by atoms with Crippen molar-refractivity contribution in [2.24, 2.45) is 35.5 Å². The van der Waals surface area contributed by atoms with Crippen LogP contribution in [0.1, 0.15) is 223 Å². The summed E-state index contributed by atoms with van der Waals surface area (Å²) in [5.74, 6) is -11.2. The zero-order chi connectivity index (χ0) is 80.4. The second-order valence-electron chi connectivity index (χ2n) is 32.0. The Kier molecular flexibility index (Phi) is 41.8. The molecule has 5 heterocycles. The molecule has 0 aromatic carbocycles. The summed E-state index contributed by atoms with van der Waals surface area (Å²) >= 11 is 0. The van der Waals surface area contributed by atoms with E-state index in [-0.39, 0.29) is 89.9 Å². The Morgan fingerprint density at radius 3 is 1.95 bits per heavy atom. The number of aliphatic hydroxyl groups is 18. The van der Waals surface area contributed by atoms with Gasteiger partial charge in [0.1, 0.15) is 61.0 Å². The van der Waals surface area contributed by atoms with Crippen LogP contribution in [0.3, 0.4) is 0 Å². The average molecular weight is 1560 g/mol. The number of esters is 2. The smallest absolute Gasteiger partial charge is 0.330 e. The molecule has 630 valence electrons. The van der Waals surface area contributed by atoms with Gasteiger partial charge in [0, 0.05) is 62.0 Å². The van der Waals surface area contributed by atoms with E-state index in [0.29, 0.717) is 6.42 Å². The number of ether oxygens (including phenoxy) is 9. The Labute approximate surface area is 637 Å². The Morgan fingerprint density at radius 1 is 0.667 bits per heavy atom. The van der Waals surface area contributed by atoms with Crippen LogP contribution in [0.4, 0.5) is 0 Å². The third-order valence-corrected chi connectivity index (χ3v) is 22.9. The van der Waals surface area contributed by atoms with Crippen LogP contribution in [0.5, 0.6) is 0 Å². The van der Waals surface area contributed by atoms with E-state index in [2.05, 4.69) is 6.92 Å². The van der Waals surface area contributed by atoms with Crippen LogP contribution in [0, 0.1) is 35.5 Å². The van der Waals surface area contributed by atoms with Gasteiger partial charge in [0.05, 0.1) is 111 Å². The van der Waals surface area contributed by atoms with E-state index in [0.717, 1.165) is 25.3 Å². The van der Waals surface area contributed by atoms with Gasteiger partial charge >= 0.3 is 11.9 Å². The van der Waals surface area contributed by atoms with Crippen LogP contribution >= 0.6 is 0 Å². The van der Waals surface area contributed by atoms with Crippen molar-refractivity contribution in [3.63, 3.8) is 0 Å². The first kappa shape index (κ1) is 95.7. The molecule has 4 saturated heterocycles. The predicted molar refractivity (Wildman–Crippen MR) is 390 cm³/mol. The number of epoxide rings is 1. The molecule has 35 atom stereocenters. The van der Waals surface area contributed by atoms with Gasteiger partial charge in [0.25, 0.3) is 5.79 Å². The number of allylic oxidation sites excluding steroid dienone is 1. The summed E-state index contributed by atoms with van der Waals surface area (Å²) in [5, 5.41) is 200. The van der Waals surface area contributed by atoms with Crippen LogP contribution in [0.25, 0.3) is 0 Å². The number of ketones is 1. The van der Waals surface area contributed by atoms with Crippen LogP contribution in [-0.4, -0.2) is 300 Å². The molecular formula is C78H138O30. The van der Waals surface area contributed by atoms with E-state index in [9.17, 15) is 106 Å². The molecule has 0 saturated carbocycles. The molecule has 30 nitrogen and oxygen atoms in total. The fourth-order valence-electron chi connectivity index (χ4n) is 15.8. The summed E-state index contributed by atoms with van der Waals surface area (Å²) in [4.78, 5) is 41.9. The molecule has 5 aliphatic heterocycles. The van der Waals surface area contributed by atoms with Crippen molar-refractivity contribution >= 4 is 17.7 Å². The first-order valence-corrected chi connectivity index (χ1v) is 40.0. The first-order chi connectivity index (χ1) is 51.0. The molecule has 4 fully saturated rings. The van der Waals surface area contributed by atoms with Gasteiger partial charge in [-0.2, -0.15) is 0 Å². The number of carbonyl (C=O) groups excluding carboxylic acids is 3. The number of hydrogen-bond donors (Lipinski definition) is 18. The molecule has 2 bridgehead atoms. The van der Waals surface area contributed by atoms with Crippen molar-refractivity contribution in [1.82, 2.24) is 0 Å². The van der Waals surface area contributed by atoms with Gasteiger partial charge in [0.15, 0.2) is 12.6 Å². The van der Waals surface area contributed by atoms with Crippen LogP contribution in [0.2, 0.25) is 0 Å². The maximum absolute atomic E-state index is 14.6.